The first-order chi connectivity index (χ1) is 23.3. The fraction of sp³-hybridized carbons (Fsp3) is 0.839. The number of rotatable bonds is 27. The first-order valence-electron chi connectivity index (χ1n) is 17.1. The van der Waals surface area contributed by atoms with Crippen LogP contribution >= 0.6 is 0 Å². The van der Waals surface area contributed by atoms with Gasteiger partial charge in [-0.05, 0) is 57.9 Å². The molecule has 284 valence electrons. The average molecular weight is 707 g/mol. The Labute approximate surface area is 287 Å². The summed E-state index contributed by atoms with van der Waals surface area (Å²) < 4.78 is 5.13. The van der Waals surface area contributed by atoms with Gasteiger partial charge in [-0.25, -0.2) is 10.1 Å². The minimum atomic E-state index is -2.02. The van der Waals surface area contributed by atoms with Crippen molar-refractivity contribution in [1.82, 2.24) is 31.4 Å². The molecule has 0 spiro atoms. The lowest BCUT2D eigenvalue weighted by atomic mass is 10.1. The molecule has 1 unspecified atom stereocenters. The molecule has 0 radical (unpaired) electrons. The van der Waals surface area contributed by atoms with E-state index in [0.29, 0.717) is 74.8 Å². The van der Waals surface area contributed by atoms with Gasteiger partial charge in [-0.15, -0.1) is 0 Å². The molecule has 18 nitrogen and oxygen atoms in total. The summed E-state index contributed by atoms with van der Waals surface area (Å²) >= 11 is 0. The molecule has 0 aromatic carbocycles. The second-order valence-corrected chi connectivity index (χ2v) is 12.2. The molecule has 1 rings (SSSR count). The Morgan fingerprint density at radius 2 is 1.12 bits per heavy atom. The molecule has 18 heteroatoms. The van der Waals surface area contributed by atoms with Crippen LogP contribution in [0.3, 0.4) is 0 Å². The van der Waals surface area contributed by atoms with Gasteiger partial charge in [-0.2, -0.15) is 0 Å². The Morgan fingerprint density at radius 3 is 1.57 bits per heavy atom. The highest BCUT2D eigenvalue weighted by molar-refractivity contribution is 5.83. The quantitative estimate of drug-likeness (QED) is 0.0258. The third-order valence-electron chi connectivity index (χ3n) is 7.93. The van der Waals surface area contributed by atoms with Crippen LogP contribution < -0.4 is 21.3 Å². The van der Waals surface area contributed by atoms with Crippen molar-refractivity contribution in [1.29, 1.82) is 0 Å². The van der Waals surface area contributed by atoms with Crippen LogP contribution in [-0.4, -0.2) is 147 Å². The monoisotopic (exact) mass is 706 g/mol. The predicted octanol–water partition coefficient (Wildman–Crippen LogP) is -1.75. The van der Waals surface area contributed by atoms with Crippen molar-refractivity contribution in [2.24, 2.45) is 0 Å². The van der Waals surface area contributed by atoms with Gasteiger partial charge in [0.05, 0.1) is 13.2 Å². The first-order valence-corrected chi connectivity index (χ1v) is 17.1. The summed E-state index contributed by atoms with van der Waals surface area (Å²) in [6, 6.07) is 0. The number of ether oxygens (including phenoxy) is 1. The number of unbranched alkanes of at least 4 members (excludes halogenated alkanes) is 6. The molecule has 0 aliphatic carbocycles. The zero-order chi connectivity index (χ0) is 36.7. The SMILES string of the molecule is CC(=O)NCCCCCNC(=O)CCC(=O)N(O)CCCCCNC(=O)CCC(=O)N(O)CCCCCNCC1(O)O[C@H](CO)[C@@H](O)[C@@H]1O. The molecular formula is C31H58N6O12. The van der Waals surface area contributed by atoms with Gasteiger partial charge in [0.1, 0.15) is 18.3 Å². The summed E-state index contributed by atoms with van der Waals surface area (Å²) in [5, 5.41) is 71.2. The van der Waals surface area contributed by atoms with Crippen molar-refractivity contribution in [3.8, 4) is 0 Å². The minimum Gasteiger partial charge on any atom is -0.394 e. The maximum absolute atomic E-state index is 12.1. The summed E-state index contributed by atoms with van der Waals surface area (Å²) in [7, 11) is 0. The van der Waals surface area contributed by atoms with E-state index < -0.39 is 42.5 Å². The van der Waals surface area contributed by atoms with Gasteiger partial charge >= 0.3 is 0 Å². The van der Waals surface area contributed by atoms with Gasteiger partial charge in [0.15, 0.2) is 0 Å². The Morgan fingerprint density at radius 1 is 0.673 bits per heavy atom. The van der Waals surface area contributed by atoms with E-state index >= 15 is 0 Å². The van der Waals surface area contributed by atoms with Crippen LogP contribution in [0.2, 0.25) is 0 Å². The molecule has 0 aromatic heterocycles. The highest BCUT2D eigenvalue weighted by Crippen LogP contribution is 2.28. The number of aliphatic hydroxyl groups is 4. The van der Waals surface area contributed by atoms with E-state index in [0.717, 1.165) is 19.3 Å². The number of nitrogens with one attached hydrogen (secondary N) is 4. The lowest BCUT2D eigenvalue weighted by Crippen LogP contribution is -2.50. The van der Waals surface area contributed by atoms with Crippen LogP contribution in [0.15, 0.2) is 0 Å². The molecule has 0 bridgehead atoms. The van der Waals surface area contributed by atoms with E-state index in [2.05, 4.69) is 21.3 Å². The Kier molecular flexibility index (Phi) is 22.5. The number of amides is 5. The van der Waals surface area contributed by atoms with Gasteiger partial charge in [0.2, 0.25) is 35.3 Å². The van der Waals surface area contributed by atoms with Gasteiger partial charge in [-0.1, -0.05) is 6.42 Å². The number of aliphatic hydroxyl groups excluding tert-OH is 3. The first kappa shape index (κ1) is 44.1. The molecule has 5 amide bonds. The molecular weight excluding hydrogens is 648 g/mol. The molecule has 49 heavy (non-hydrogen) atoms. The smallest absolute Gasteiger partial charge is 0.246 e. The molecule has 4 atom stereocenters. The summed E-state index contributed by atoms with van der Waals surface area (Å²) in [6.07, 6.45) is 1.43. The molecule has 1 aliphatic heterocycles. The maximum Gasteiger partial charge on any atom is 0.246 e. The molecule has 10 N–H and O–H groups in total. The summed E-state index contributed by atoms with van der Waals surface area (Å²) in [5.74, 6) is -3.84. The van der Waals surface area contributed by atoms with E-state index in [1.54, 1.807) is 0 Å². The summed E-state index contributed by atoms with van der Waals surface area (Å²) in [5.41, 5.74) is 0. The second kappa shape index (κ2) is 25.1. The number of carbonyl (C=O) groups is 5. The van der Waals surface area contributed by atoms with E-state index in [1.807, 2.05) is 0 Å². The third kappa shape index (κ3) is 19.1. The van der Waals surface area contributed by atoms with E-state index in [4.69, 9.17) is 9.84 Å². The van der Waals surface area contributed by atoms with Crippen molar-refractivity contribution in [3.63, 3.8) is 0 Å². The number of hydrogen-bond acceptors (Lipinski definition) is 13. The highest BCUT2D eigenvalue weighted by atomic mass is 16.7. The molecule has 0 saturated carbocycles. The standard InChI is InChI=1S/C31H58N6O12/c1-23(39)33-16-6-2-7-17-34-25(40)11-13-28(43)37(48)20-10-4-8-18-35-26(41)12-14-27(42)36(47)19-9-3-5-15-32-22-31(46)30(45)29(44)24(21-38)49-31/h24,29-30,32,38,44-48H,2-22H2,1H3,(H,33,39)(H,34,40)(H,35,41)/t24-,29-,30+,31?/m1/s1. The Balaban J connectivity index is 2.01. The normalized spacial score (nSPS) is 20.1. The van der Waals surface area contributed by atoms with Crippen LogP contribution in [0.1, 0.15) is 90.4 Å². The van der Waals surface area contributed by atoms with Crippen LogP contribution in [0, 0.1) is 0 Å². The third-order valence-corrected chi connectivity index (χ3v) is 7.93. The second-order valence-electron chi connectivity index (χ2n) is 12.2. The van der Waals surface area contributed by atoms with Gasteiger partial charge < -0.3 is 46.4 Å². The molecule has 1 heterocycles. The lowest BCUT2D eigenvalue weighted by Gasteiger charge is -2.26. The van der Waals surface area contributed by atoms with Crippen LogP contribution in [-0.2, 0) is 28.7 Å². The van der Waals surface area contributed by atoms with E-state index in [9.17, 15) is 49.7 Å². The van der Waals surface area contributed by atoms with E-state index in [1.165, 1.54) is 6.92 Å². The van der Waals surface area contributed by atoms with Crippen molar-refractivity contribution < 1.29 is 59.6 Å². The highest BCUT2D eigenvalue weighted by Gasteiger charge is 2.52. The van der Waals surface area contributed by atoms with Crippen LogP contribution in [0.4, 0.5) is 0 Å². The minimum absolute atomic E-state index is 0.0280. The Hall–Kier alpha value is -2.97. The Bertz CT molecular complexity index is 1010. The van der Waals surface area contributed by atoms with Gasteiger partial charge in [0, 0.05) is 65.3 Å². The zero-order valence-electron chi connectivity index (χ0n) is 28.6. The molecule has 0 aromatic rings. The van der Waals surface area contributed by atoms with Crippen LogP contribution in [0.25, 0.3) is 0 Å². The number of hydrogen-bond donors (Lipinski definition) is 10. The fourth-order valence-electron chi connectivity index (χ4n) is 4.95. The lowest BCUT2D eigenvalue weighted by molar-refractivity contribution is -0.226. The van der Waals surface area contributed by atoms with Gasteiger partial charge in [0.25, 0.3) is 0 Å². The predicted molar refractivity (Wildman–Crippen MR) is 174 cm³/mol. The molecule has 1 saturated heterocycles. The van der Waals surface area contributed by atoms with Crippen molar-refractivity contribution in [3.05, 3.63) is 0 Å². The van der Waals surface area contributed by atoms with Gasteiger partial charge in [-0.3, -0.25) is 34.4 Å². The summed E-state index contributed by atoms with van der Waals surface area (Å²) in [6.45, 7) is 2.78. The average Bonchev–Trinajstić information content (AvgIpc) is 3.29. The largest absolute Gasteiger partial charge is 0.394 e. The van der Waals surface area contributed by atoms with Crippen molar-refractivity contribution >= 4 is 29.5 Å². The fourth-order valence-corrected chi connectivity index (χ4v) is 4.95. The van der Waals surface area contributed by atoms with Crippen molar-refractivity contribution in [2.45, 2.75) is 114 Å². The summed E-state index contributed by atoms with van der Waals surface area (Å²) in [4.78, 5) is 58.9. The number of hydroxylamine groups is 4. The zero-order valence-corrected chi connectivity index (χ0v) is 28.6. The molecule has 1 aliphatic rings. The van der Waals surface area contributed by atoms with Crippen molar-refractivity contribution in [2.75, 3.05) is 52.4 Å². The number of nitrogens with zero attached hydrogens (tertiary/aromatic N) is 2. The maximum atomic E-state index is 12.1. The molecule has 1 fully saturated rings. The number of carbonyl (C=O) groups excluding carboxylic acids is 5. The topological polar surface area (TPSA) is 271 Å². The van der Waals surface area contributed by atoms with Crippen LogP contribution in [0.5, 0.6) is 0 Å². The van der Waals surface area contributed by atoms with E-state index in [-0.39, 0.29) is 63.0 Å².